The monoisotopic (exact) mass is 247 g/mol. The summed E-state index contributed by atoms with van der Waals surface area (Å²) in [6.07, 6.45) is 2.24. The van der Waals surface area contributed by atoms with Gasteiger partial charge in [-0.05, 0) is 25.5 Å². The van der Waals surface area contributed by atoms with Crippen molar-refractivity contribution < 1.29 is 4.74 Å². The first-order valence-corrected chi connectivity index (χ1v) is 6.83. The van der Waals surface area contributed by atoms with Crippen LogP contribution in [-0.4, -0.2) is 11.6 Å². The van der Waals surface area contributed by atoms with E-state index in [1.54, 1.807) is 11.3 Å². The van der Waals surface area contributed by atoms with E-state index < -0.39 is 0 Å². The maximum atomic E-state index is 5.81. The molecule has 1 aromatic heterocycles. The summed E-state index contributed by atoms with van der Waals surface area (Å²) < 4.78 is 5.81. The normalized spacial score (nSPS) is 10.5. The number of ether oxygens (including phenoxy) is 1. The van der Waals surface area contributed by atoms with E-state index in [0.29, 0.717) is 0 Å². The van der Waals surface area contributed by atoms with Crippen LogP contribution in [0, 0.1) is 6.92 Å². The molecule has 3 heteroatoms. The Morgan fingerprint density at radius 2 is 2.12 bits per heavy atom. The second-order valence-electron chi connectivity index (χ2n) is 3.95. The molecule has 2 nitrogen and oxygen atoms in total. The van der Waals surface area contributed by atoms with Crippen molar-refractivity contribution in [3.63, 3.8) is 0 Å². The summed E-state index contributed by atoms with van der Waals surface area (Å²) in [6.45, 7) is 4.96. The summed E-state index contributed by atoms with van der Waals surface area (Å²) >= 11 is 1.67. The molecule has 90 valence electrons. The molecular weight excluding hydrogens is 230 g/mol. The number of hydrogen-bond acceptors (Lipinski definition) is 3. The van der Waals surface area contributed by atoms with Crippen LogP contribution in [-0.2, 0) is 0 Å². The van der Waals surface area contributed by atoms with E-state index >= 15 is 0 Å². The zero-order valence-electron chi connectivity index (χ0n) is 10.3. The van der Waals surface area contributed by atoms with E-state index in [1.807, 2.05) is 25.1 Å². The summed E-state index contributed by atoms with van der Waals surface area (Å²) in [5.41, 5.74) is 2.10. The van der Waals surface area contributed by atoms with Gasteiger partial charge in [0, 0.05) is 10.9 Å². The van der Waals surface area contributed by atoms with Crippen LogP contribution in [0.5, 0.6) is 5.75 Å². The molecule has 0 fully saturated rings. The summed E-state index contributed by atoms with van der Waals surface area (Å²) in [6, 6.07) is 8.11. The van der Waals surface area contributed by atoms with E-state index in [1.165, 1.54) is 0 Å². The maximum absolute atomic E-state index is 5.81. The third-order valence-corrected chi connectivity index (χ3v) is 3.31. The number of thiazole rings is 1. The molecule has 0 saturated carbocycles. The lowest BCUT2D eigenvalue weighted by Crippen LogP contribution is -1.98. The molecule has 0 atom stereocenters. The minimum atomic E-state index is 0.774. The minimum Gasteiger partial charge on any atom is -0.493 e. The molecule has 0 radical (unpaired) electrons. The standard InChI is InChI=1S/C14H17NOS/c1-3-4-9-16-14-8-6-5-7-12(14)13-10-17-11(2)15-13/h5-8,10H,3-4,9H2,1-2H3. The van der Waals surface area contributed by atoms with Crippen molar-refractivity contribution in [1.82, 2.24) is 4.98 Å². The Morgan fingerprint density at radius 3 is 2.82 bits per heavy atom. The lowest BCUT2D eigenvalue weighted by Gasteiger charge is -2.09. The Kier molecular flexibility index (Phi) is 4.15. The third-order valence-electron chi connectivity index (χ3n) is 2.54. The van der Waals surface area contributed by atoms with E-state index in [2.05, 4.69) is 23.4 Å². The third kappa shape index (κ3) is 3.07. The number of nitrogens with zero attached hydrogens (tertiary/aromatic N) is 1. The molecule has 0 spiro atoms. The summed E-state index contributed by atoms with van der Waals surface area (Å²) in [7, 11) is 0. The first-order chi connectivity index (χ1) is 8.31. The number of rotatable bonds is 5. The first kappa shape index (κ1) is 12.1. The van der Waals surface area contributed by atoms with Crippen LogP contribution in [0.3, 0.4) is 0 Å². The van der Waals surface area contributed by atoms with Gasteiger partial charge in [-0.25, -0.2) is 4.98 Å². The van der Waals surface area contributed by atoms with Gasteiger partial charge in [-0.1, -0.05) is 25.5 Å². The molecule has 0 amide bonds. The number of para-hydroxylation sites is 1. The lowest BCUT2D eigenvalue weighted by molar-refractivity contribution is 0.310. The molecule has 0 aliphatic carbocycles. The molecule has 1 heterocycles. The zero-order valence-corrected chi connectivity index (χ0v) is 11.1. The summed E-state index contributed by atoms with van der Waals surface area (Å²) in [5, 5.41) is 3.17. The number of aryl methyl sites for hydroxylation is 1. The Morgan fingerprint density at radius 1 is 1.29 bits per heavy atom. The van der Waals surface area contributed by atoms with E-state index in [0.717, 1.165) is 41.5 Å². The largest absolute Gasteiger partial charge is 0.493 e. The Balaban J connectivity index is 2.21. The van der Waals surface area contributed by atoms with Gasteiger partial charge >= 0.3 is 0 Å². The van der Waals surface area contributed by atoms with Gasteiger partial charge < -0.3 is 4.74 Å². The fourth-order valence-electron chi connectivity index (χ4n) is 1.62. The number of hydrogen-bond donors (Lipinski definition) is 0. The van der Waals surface area contributed by atoms with Crippen LogP contribution in [0.25, 0.3) is 11.3 Å². The van der Waals surface area contributed by atoms with Crippen molar-refractivity contribution in [2.45, 2.75) is 26.7 Å². The van der Waals surface area contributed by atoms with Gasteiger partial charge in [0.15, 0.2) is 0 Å². The Hall–Kier alpha value is -1.35. The predicted molar refractivity (Wildman–Crippen MR) is 72.7 cm³/mol. The van der Waals surface area contributed by atoms with Crippen molar-refractivity contribution >= 4 is 11.3 Å². The fraction of sp³-hybridized carbons (Fsp3) is 0.357. The summed E-state index contributed by atoms with van der Waals surface area (Å²) in [4.78, 5) is 4.51. The molecule has 17 heavy (non-hydrogen) atoms. The molecule has 0 aliphatic heterocycles. The van der Waals surface area contributed by atoms with Crippen molar-refractivity contribution in [1.29, 1.82) is 0 Å². The van der Waals surface area contributed by atoms with Gasteiger partial charge in [0.25, 0.3) is 0 Å². The quantitative estimate of drug-likeness (QED) is 0.735. The first-order valence-electron chi connectivity index (χ1n) is 5.95. The molecule has 0 unspecified atom stereocenters. The van der Waals surface area contributed by atoms with Gasteiger partial charge in [-0.2, -0.15) is 0 Å². The zero-order chi connectivity index (χ0) is 12.1. The highest BCUT2D eigenvalue weighted by Gasteiger charge is 2.08. The molecule has 2 aromatic rings. The van der Waals surface area contributed by atoms with Crippen molar-refractivity contribution in [2.75, 3.05) is 6.61 Å². The van der Waals surface area contributed by atoms with Gasteiger partial charge in [0.05, 0.1) is 17.3 Å². The van der Waals surface area contributed by atoms with Crippen LogP contribution in [0.2, 0.25) is 0 Å². The second-order valence-corrected chi connectivity index (χ2v) is 5.01. The molecule has 0 aliphatic rings. The SMILES string of the molecule is CCCCOc1ccccc1-c1csc(C)n1. The van der Waals surface area contributed by atoms with Gasteiger partial charge in [-0.15, -0.1) is 11.3 Å². The average molecular weight is 247 g/mol. The van der Waals surface area contributed by atoms with Crippen LogP contribution in [0.15, 0.2) is 29.6 Å². The molecule has 1 aromatic carbocycles. The minimum absolute atomic E-state index is 0.774. The van der Waals surface area contributed by atoms with Crippen LogP contribution < -0.4 is 4.74 Å². The molecule has 0 N–H and O–H groups in total. The van der Waals surface area contributed by atoms with Gasteiger partial charge in [0.2, 0.25) is 0 Å². The van der Waals surface area contributed by atoms with Crippen LogP contribution in [0.1, 0.15) is 24.8 Å². The Labute approximate surface area is 106 Å². The lowest BCUT2D eigenvalue weighted by atomic mass is 10.1. The van der Waals surface area contributed by atoms with Gasteiger partial charge in [0.1, 0.15) is 5.75 Å². The van der Waals surface area contributed by atoms with Crippen molar-refractivity contribution in [3.05, 3.63) is 34.7 Å². The number of aromatic nitrogens is 1. The summed E-state index contributed by atoms with van der Waals surface area (Å²) in [5.74, 6) is 0.936. The highest BCUT2D eigenvalue weighted by molar-refractivity contribution is 7.09. The molecule has 0 saturated heterocycles. The molecule has 2 rings (SSSR count). The van der Waals surface area contributed by atoms with E-state index in [-0.39, 0.29) is 0 Å². The second kappa shape index (κ2) is 5.82. The number of unbranched alkanes of at least 4 members (excludes halogenated alkanes) is 1. The maximum Gasteiger partial charge on any atom is 0.128 e. The smallest absolute Gasteiger partial charge is 0.128 e. The predicted octanol–water partition coefficient (Wildman–Crippen LogP) is 4.30. The molecular formula is C14H17NOS. The highest BCUT2D eigenvalue weighted by atomic mass is 32.1. The average Bonchev–Trinajstić information content (AvgIpc) is 2.77. The van der Waals surface area contributed by atoms with Crippen LogP contribution >= 0.6 is 11.3 Å². The van der Waals surface area contributed by atoms with E-state index in [4.69, 9.17) is 4.74 Å². The van der Waals surface area contributed by atoms with Crippen molar-refractivity contribution in [2.24, 2.45) is 0 Å². The van der Waals surface area contributed by atoms with E-state index in [9.17, 15) is 0 Å². The van der Waals surface area contributed by atoms with Gasteiger partial charge in [-0.3, -0.25) is 0 Å². The van der Waals surface area contributed by atoms with Crippen molar-refractivity contribution in [3.8, 4) is 17.0 Å². The highest BCUT2D eigenvalue weighted by Crippen LogP contribution is 2.30. The van der Waals surface area contributed by atoms with Crippen LogP contribution in [0.4, 0.5) is 0 Å². The Bertz CT molecular complexity index is 479. The number of benzene rings is 1. The topological polar surface area (TPSA) is 22.1 Å². The molecule has 0 bridgehead atoms. The fourth-order valence-corrected chi connectivity index (χ4v) is 2.23.